The summed E-state index contributed by atoms with van der Waals surface area (Å²) in [4.78, 5) is 0. The third-order valence-electron chi connectivity index (χ3n) is 9.91. The Kier molecular flexibility index (Phi) is 9.87. The molecule has 3 aliphatic carbocycles. The zero-order valence-corrected chi connectivity index (χ0v) is 24.4. The van der Waals surface area contributed by atoms with Gasteiger partial charge in [-0.25, -0.2) is 17.6 Å². The van der Waals surface area contributed by atoms with Gasteiger partial charge in [0.25, 0.3) is 0 Å². The predicted octanol–water partition coefficient (Wildman–Crippen LogP) is 10.8. The van der Waals surface area contributed by atoms with E-state index in [1.807, 2.05) is 12.1 Å². The summed E-state index contributed by atoms with van der Waals surface area (Å²) in [7, 11) is 0. The molecule has 0 atom stereocenters. The highest BCUT2D eigenvalue weighted by Gasteiger charge is 2.44. The maximum atomic E-state index is 15.3. The lowest BCUT2D eigenvalue weighted by atomic mass is 9.69. The number of thioether (sulfide) groups is 1. The number of rotatable bonds is 8. The van der Waals surface area contributed by atoms with E-state index >= 15 is 4.39 Å². The molecule has 2 aromatic rings. The maximum absolute atomic E-state index is 15.3. The van der Waals surface area contributed by atoms with Crippen molar-refractivity contribution in [1.82, 2.24) is 0 Å². The first kappa shape index (κ1) is 30.6. The smallest absolute Gasteiger partial charge is 0.400 e. The van der Waals surface area contributed by atoms with Gasteiger partial charge in [0.15, 0.2) is 17.5 Å². The number of hydrogen-bond donors (Lipinski definition) is 0. The Labute approximate surface area is 243 Å². The molecule has 0 heterocycles. The van der Waals surface area contributed by atoms with Crippen LogP contribution in [0.2, 0.25) is 0 Å². The molecular weight excluding hydrogens is 558 g/mol. The molecule has 2 aromatic carbocycles. The minimum absolute atomic E-state index is 0.0775. The molecule has 0 unspecified atom stereocenters. The lowest BCUT2D eigenvalue weighted by Crippen LogP contribution is -2.37. The molecule has 3 fully saturated rings. The highest BCUT2D eigenvalue weighted by atomic mass is 32.2. The Balaban J connectivity index is 1.12. The molecule has 3 saturated carbocycles. The van der Waals surface area contributed by atoms with Gasteiger partial charge in [-0.3, -0.25) is 0 Å². The van der Waals surface area contributed by atoms with E-state index < -0.39 is 35.2 Å². The van der Waals surface area contributed by atoms with Crippen LogP contribution in [0, 0.1) is 41.0 Å². The van der Waals surface area contributed by atoms with Crippen molar-refractivity contribution >= 4 is 11.8 Å². The molecule has 0 aliphatic heterocycles. The van der Waals surface area contributed by atoms with Crippen molar-refractivity contribution in [2.75, 3.05) is 5.75 Å². The first-order chi connectivity index (χ1) is 19.6. The molecule has 226 valence electrons. The SMILES string of the molecule is CCSC1CCC(C2CCC(c3ccc(C4CCC(C(F)(F)Oc5cc(F)c(F)c(F)c5)CC4)c(F)c3)CC2)CC1. The summed E-state index contributed by atoms with van der Waals surface area (Å²) in [6, 6.07) is 6.36. The lowest BCUT2D eigenvalue weighted by molar-refractivity contribution is -0.222. The van der Waals surface area contributed by atoms with Crippen LogP contribution >= 0.6 is 11.8 Å². The summed E-state index contributed by atoms with van der Waals surface area (Å²) in [5.74, 6) is -4.09. The van der Waals surface area contributed by atoms with Crippen molar-refractivity contribution < 1.29 is 31.1 Å². The van der Waals surface area contributed by atoms with E-state index in [-0.39, 0.29) is 24.6 Å². The molecule has 1 nitrogen and oxygen atoms in total. The lowest BCUT2D eigenvalue weighted by Gasteiger charge is -2.38. The summed E-state index contributed by atoms with van der Waals surface area (Å²) in [6.45, 7) is 2.24. The number of alkyl halides is 2. The number of ether oxygens (including phenoxy) is 1. The van der Waals surface area contributed by atoms with Crippen molar-refractivity contribution in [3.63, 3.8) is 0 Å². The van der Waals surface area contributed by atoms with E-state index in [2.05, 4.69) is 23.4 Å². The molecule has 0 spiro atoms. The first-order valence-corrected chi connectivity index (χ1v) is 16.3. The monoisotopic (exact) mass is 598 g/mol. The van der Waals surface area contributed by atoms with Crippen LogP contribution in [0.1, 0.15) is 107 Å². The Morgan fingerprint density at radius 1 is 0.707 bits per heavy atom. The van der Waals surface area contributed by atoms with E-state index in [1.165, 1.54) is 44.3 Å². The number of hydrogen-bond acceptors (Lipinski definition) is 2. The zero-order chi connectivity index (χ0) is 29.1. The van der Waals surface area contributed by atoms with Gasteiger partial charge in [0.2, 0.25) is 0 Å². The first-order valence-electron chi connectivity index (χ1n) is 15.3. The van der Waals surface area contributed by atoms with Crippen molar-refractivity contribution in [3.05, 3.63) is 64.7 Å². The van der Waals surface area contributed by atoms with Crippen molar-refractivity contribution in [2.45, 2.75) is 107 Å². The minimum Gasteiger partial charge on any atom is -0.432 e. The summed E-state index contributed by atoms with van der Waals surface area (Å²) in [5, 5.41) is 0.840. The van der Waals surface area contributed by atoms with E-state index in [0.29, 0.717) is 36.5 Å². The fourth-order valence-electron chi connectivity index (χ4n) is 7.59. The summed E-state index contributed by atoms with van der Waals surface area (Å²) < 4.78 is 89.5. The second-order valence-electron chi connectivity index (χ2n) is 12.3. The maximum Gasteiger partial charge on any atom is 0.400 e. The van der Waals surface area contributed by atoms with Crippen molar-refractivity contribution in [1.29, 1.82) is 0 Å². The van der Waals surface area contributed by atoms with Gasteiger partial charge in [-0.15, -0.1) is 0 Å². The van der Waals surface area contributed by atoms with Gasteiger partial charge in [-0.2, -0.15) is 20.5 Å². The van der Waals surface area contributed by atoms with Crippen LogP contribution < -0.4 is 4.74 Å². The van der Waals surface area contributed by atoms with E-state index in [0.717, 1.165) is 35.5 Å². The van der Waals surface area contributed by atoms with Crippen LogP contribution in [0.5, 0.6) is 5.75 Å². The van der Waals surface area contributed by atoms with Crippen LogP contribution in [0.25, 0.3) is 0 Å². The summed E-state index contributed by atoms with van der Waals surface area (Å²) in [5.41, 5.74) is 1.61. The van der Waals surface area contributed by atoms with Crippen molar-refractivity contribution in [3.8, 4) is 5.75 Å². The van der Waals surface area contributed by atoms with Gasteiger partial charge in [0.1, 0.15) is 11.6 Å². The molecule has 0 N–H and O–H groups in total. The predicted molar refractivity (Wildman–Crippen MR) is 152 cm³/mol. The Morgan fingerprint density at radius 3 is 1.83 bits per heavy atom. The number of benzene rings is 2. The zero-order valence-electron chi connectivity index (χ0n) is 23.6. The molecule has 0 amide bonds. The molecular formula is C33H40F6OS. The number of halogens is 6. The average molecular weight is 599 g/mol. The summed E-state index contributed by atoms with van der Waals surface area (Å²) >= 11 is 2.11. The van der Waals surface area contributed by atoms with Crippen molar-refractivity contribution in [2.24, 2.45) is 17.8 Å². The fraction of sp³-hybridized carbons (Fsp3) is 0.636. The largest absolute Gasteiger partial charge is 0.432 e. The van der Waals surface area contributed by atoms with Gasteiger partial charge in [0.05, 0.1) is 5.92 Å². The summed E-state index contributed by atoms with van der Waals surface area (Å²) in [6.07, 6.45) is 7.17. The fourth-order valence-corrected chi connectivity index (χ4v) is 8.66. The highest BCUT2D eigenvalue weighted by molar-refractivity contribution is 7.99. The Morgan fingerprint density at radius 2 is 1.27 bits per heavy atom. The van der Waals surface area contributed by atoms with Gasteiger partial charge in [0, 0.05) is 17.4 Å². The molecule has 0 aromatic heterocycles. The highest BCUT2D eigenvalue weighted by Crippen LogP contribution is 2.46. The normalized spacial score (nSPS) is 29.3. The van der Waals surface area contributed by atoms with Gasteiger partial charge in [-0.1, -0.05) is 19.1 Å². The Bertz CT molecular complexity index is 1140. The van der Waals surface area contributed by atoms with Crippen LogP contribution in [0.15, 0.2) is 30.3 Å². The van der Waals surface area contributed by atoms with Crippen LogP contribution in [-0.4, -0.2) is 17.1 Å². The van der Waals surface area contributed by atoms with E-state index in [4.69, 9.17) is 0 Å². The second kappa shape index (κ2) is 13.2. The molecule has 0 bridgehead atoms. The average Bonchev–Trinajstić information content (AvgIpc) is 2.96. The second-order valence-corrected chi connectivity index (χ2v) is 13.9. The van der Waals surface area contributed by atoms with Crippen LogP contribution in [-0.2, 0) is 0 Å². The third-order valence-corrected chi connectivity index (χ3v) is 11.2. The van der Waals surface area contributed by atoms with Gasteiger partial charge < -0.3 is 4.74 Å². The molecule has 3 aliphatic rings. The topological polar surface area (TPSA) is 9.23 Å². The van der Waals surface area contributed by atoms with Gasteiger partial charge >= 0.3 is 6.11 Å². The Hall–Kier alpha value is -1.83. The van der Waals surface area contributed by atoms with E-state index in [9.17, 15) is 22.0 Å². The standard InChI is InChI=1S/C33H40F6OS/c1-2-41-27-14-9-21(10-15-27)20-3-5-22(6-4-20)24-11-16-28(29(34)17-24)23-7-12-25(13-8-23)33(38,39)40-26-18-30(35)32(37)31(36)19-26/h11,16-23,25,27H,2-10,12-15H2,1H3. The molecule has 5 rings (SSSR count). The quantitative estimate of drug-likeness (QED) is 0.221. The van der Waals surface area contributed by atoms with E-state index in [1.54, 1.807) is 6.07 Å². The minimum atomic E-state index is -3.68. The molecule has 8 heteroatoms. The van der Waals surface area contributed by atoms with Crippen LogP contribution in [0.3, 0.4) is 0 Å². The van der Waals surface area contributed by atoms with Gasteiger partial charge in [-0.05, 0) is 124 Å². The molecule has 41 heavy (non-hydrogen) atoms. The third kappa shape index (κ3) is 7.22. The van der Waals surface area contributed by atoms with Crippen LogP contribution in [0.4, 0.5) is 26.3 Å². The molecule has 0 radical (unpaired) electrons. The molecule has 0 saturated heterocycles.